The van der Waals surface area contributed by atoms with Crippen molar-refractivity contribution in [2.75, 3.05) is 19.6 Å². The van der Waals surface area contributed by atoms with Gasteiger partial charge in [0, 0.05) is 52.9 Å². The number of carbonyl (C=O) groups is 2. The van der Waals surface area contributed by atoms with Gasteiger partial charge in [0.05, 0.1) is 17.1 Å². The standard InChI is InChI=1S/C30H27BrF3N5O3/c31-23-10-19-21(20-13-35-37-26(20)23)14-39(15-30(32,33)34)28(42)29(11-22(19)29)12-25(40)38-7-5-16(6-8-38)18-9-17-3-1-2-4-24(17)36-27(18)41/h1-4,9-10,13,16,22H,5-8,11-12,14-15H2,(H,35,37)(H,36,41)/t22-,29?/m1/s1. The van der Waals surface area contributed by atoms with Crippen LogP contribution < -0.4 is 5.56 Å². The molecular formula is C30H27BrF3N5O3. The molecule has 2 amide bonds. The third kappa shape index (κ3) is 4.50. The van der Waals surface area contributed by atoms with Crippen molar-refractivity contribution in [2.24, 2.45) is 5.41 Å². The highest BCUT2D eigenvalue weighted by Gasteiger charge is 2.65. The second-order valence-corrected chi connectivity index (χ2v) is 12.6. The van der Waals surface area contributed by atoms with Crippen molar-refractivity contribution in [3.05, 3.63) is 74.1 Å². The zero-order chi connectivity index (χ0) is 29.4. The number of aromatic nitrogens is 3. The molecule has 1 aliphatic carbocycles. The summed E-state index contributed by atoms with van der Waals surface area (Å²) in [7, 11) is 0. The van der Waals surface area contributed by atoms with Crippen LogP contribution in [0.1, 0.15) is 54.2 Å². The van der Waals surface area contributed by atoms with E-state index in [2.05, 4.69) is 31.1 Å². The minimum atomic E-state index is -4.58. The van der Waals surface area contributed by atoms with Gasteiger partial charge >= 0.3 is 6.18 Å². The van der Waals surface area contributed by atoms with Gasteiger partial charge in [-0.05, 0) is 75.8 Å². The first kappa shape index (κ1) is 27.2. The molecule has 0 spiro atoms. The van der Waals surface area contributed by atoms with E-state index >= 15 is 0 Å². The van der Waals surface area contributed by atoms with Gasteiger partial charge in [-0.15, -0.1) is 0 Å². The summed E-state index contributed by atoms with van der Waals surface area (Å²) in [6.45, 7) is -0.756. The maximum Gasteiger partial charge on any atom is 0.406 e. The largest absolute Gasteiger partial charge is 0.406 e. The highest BCUT2D eigenvalue weighted by Crippen LogP contribution is 2.65. The molecule has 2 N–H and O–H groups in total. The second kappa shape index (κ2) is 9.68. The number of alkyl halides is 3. The zero-order valence-electron chi connectivity index (χ0n) is 22.4. The van der Waals surface area contributed by atoms with Crippen molar-refractivity contribution in [3.63, 3.8) is 0 Å². The van der Waals surface area contributed by atoms with Gasteiger partial charge in [-0.1, -0.05) is 18.2 Å². The first-order valence-electron chi connectivity index (χ1n) is 13.9. The Morgan fingerprint density at radius 3 is 2.64 bits per heavy atom. The van der Waals surface area contributed by atoms with Crippen molar-refractivity contribution in [3.8, 4) is 0 Å². The molecule has 218 valence electrons. The number of benzene rings is 2. The minimum Gasteiger partial charge on any atom is -0.343 e. The quantitative estimate of drug-likeness (QED) is 0.314. The van der Waals surface area contributed by atoms with Gasteiger partial charge < -0.3 is 14.8 Å². The summed E-state index contributed by atoms with van der Waals surface area (Å²) < 4.78 is 41.6. The number of halogens is 4. The first-order valence-corrected chi connectivity index (χ1v) is 14.7. The van der Waals surface area contributed by atoms with Crippen LogP contribution in [0.3, 0.4) is 0 Å². The lowest BCUT2D eigenvalue weighted by molar-refractivity contribution is -0.166. The van der Waals surface area contributed by atoms with E-state index in [4.69, 9.17) is 0 Å². The Labute approximate surface area is 246 Å². The van der Waals surface area contributed by atoms with Gasteiger partial charge in [0.15, 0.2) is 0 Å². The van der Waals surface area contributed by atoms with Crippen LogP contribution in [0.5, 0.6) is 0 Å². The first-order chi connectivity index (χ1) is 20.0. The predicted octanol–water partition coefficient (Wildman–Crippen LogP) is 5.34. The summed E-state index contributed by atoms with van der Waals surface area (Å²) in [5, 5.41) is 8.55. The van der Waals surface area contributed by atoms with Crippen LogP contribution >= 0.6 is 15.9 Å². The normalized spacial score (nSPS) is 22.8. The molecule has 2 aliphatic heterocycles. The molecule has 2 atom stereocenters. The highest BCUT2D eigenvalue weighted by atomic mass is 79.9. The average molecular weight is 642 g/mol. The van der Waals surface area contributed by atoms with Crippen LogP contribution in [-0.2, 0) is 16.1 Å². The molecular weight excluding hydrogens is 615 g/mol. The zero-order valence-corrected chi connectivity index (χ0v) is 24.0. The van der Waals surface area contributed by atoms with Crippen molar-refractivity contribution in [1.82, 2.24) is 25.0 Å². The predicted molar refractivity (Wildman–Crippen MR) is 153 cm³/mol. The van der Waals surface area contributed by atoms with Gasteiger partial charge in [0.1, 0.15) is 6.54 Å². The number of rotatable bonds is 4. The van der Waals surface area contributed by atoms with Crippen molar-refractivity contribution >= 4 is 49.6 Å². The fraction of sp³-hybridized carbons (Fsp3) is 0.400. The number of pyridine rings is 1. The van der Waals surface area contributed by atoms with Crippen molar-refractivity contribution in [1.29, 1.82) is 0 Å². The Hall–Kier alpha value is -3.67. The number of hydrogen-bond acceptors (Lipinski definition) is 4. The molecule has 1 saturated carbocycles. The number of amides is 2. The molecule has 12 heteroatoms. The van der Waals surface area contributed by atoms with Crippen molar-refractivity contribution in [2.45, 2.75) is 50.2 Å². The summed E-state index contributed by atoms with van der Waals surface area (Å²) in [4.78, 5) is 45.7. The molecule has 0 bridgehead atoms. The molecule has 42 heavy (non-hydrogen) atoms. The number of fused-ring (bicyclic) bond motifs is 6. The lowest BCUT2D eigenvalue weighted by atomic mass is 9.88. The fourth-order valence-corrected chi connectivity index (χ4v) is 7.62. The molecule has 2 fully saturated rings. The van der Waals surface area contributed by atoms with Crippen LogP contribution in [0.2, 0.25) is 0 Å². The summed E-state index contributed by atoms with van der Waals surface area (Å²) in [5.74, 6) is -1.24. The number of carbonyl (C=O) groups excluding carboxylic acids is 2. The van der Waals surface area contributed by atoms with Crippen LogP contribution in [-0.4, -0.2) is 62.6 Å². The number of nitrogens with one attached hydrogen (secondary N) is 2. The number of para-hydroxylation sites is 1. The van der Waals surface area contributed by atoms with E-state index in [1.54, 1.807) is 11.1 Å². The molecule has 1 unspecified atom stereocenters. The third-order valence-electron chi connectivity index (χ3n) is 9.25. The highest BCUT2D eigenvalue weighted by molar-refractivity contribution is 9.10. The number of H-pyrrole nitrogens is 2. The Bertz CT molecular complexity index is 1810. The van der Waals surface area contributed by atoms with E-state index in [1.165, 1.54) is 0 Å². The number of aromatic amines is 2. The summed E-state index contributed by atoms with van der Waals surface area (Å²) in [5.41, 5.74) is 2.20. The van der Waals surface area contributed by atoms with E-state index in [-0.39, 0.29) is 36.3 Å². The van der Waals surface area contributed by atoms with Crippen LogP contribution in [0.15, 0.2) is 51.9 Å². The maximum absolute atomic E-state index is 13.8. The molecule has 4 heterocycles. The van der Waals surface area contributed by atoms with E-state index in [9.17, 15) is 27.6 Å². The molecule has 8 nitrogen and oxygen atoms in total. The number of likely N-dealkylation sites (tertiary alicyclic amines) is 1. The van der Waals surface area contributed by atoms with Gasteiger partial charge in [0.25, 0.3) is 5.56 Å². The van der Waals surface area contributed by atoms with E-state index in [0.717, 1.165) is 21.4 Å². The minimum absolute atomic E-state index is 0.0161. The molecule has 2 aromatic heterocycles. The van der Waals surface area contributed by atoms with Crippen molar-refractivity contribution < 1.29 is 22.8 Å². The summed E-state index contributed by atoms with van der Waals surface area (Å²) in [6.07, 6.45) is -1.66. The fourth-order valence-electron chi connectivity index (χ4n) is 7.07. The Morgan fingerprint density at radius 1 is 1.12 bits per heavy atom. The van der Waals surface area contributed by atoms with Crippen LogP contribution in [0.4, 0.5) is 13.2 Å². The van der Waals surface area contributed by atoms with Gasteiger partial charge in [-0.25, -0.2) is 0 Å². The van der Waals surface area contributed by atoms with E-state index in [0.29, 0.717) is 58.9 Å². The smallest absolute Gasteiger partial charge is 0.343 e. The van der Waals surface area contributed by atoms with Gasteiger partial charge in [0.2, 0.25) is 11.8 Å². The number of piperidine rings is 1. The van der Waals surface area contributed by atoms with Gasteiger partial charge in [-0.2, -0.15) is 18.3 Å². The Kier molecular flexibility index (Phi) is 6.27. The SMILES string of the molecule is O=C(CC12C[C@@H]1c1cc(Br)c3[nH]ncc3c1CN(CC(F)(F)F)C2=O)N1CCC(c2cc3ccccc3[nH]c2=O)CC1. The second-order valence-electron chi connectivity index (χ2n) is 11.7. The molecule has 1 saturated heterocycles. The van der Waals surface area contributed by atoms with Gasteiger partial charge in [-0.3, -0.25) is 19.5 Å². The topological polar surface area (TPSA) is 102 Å². The molecule has 0 radical (unpaired) electrons. The number of nitrogens with zero attached hydrogens (tertiary/aromatic N) is 3. The molecule has 4 aromatic rings. The van der Waals surface area contributed by atoms with E-state index < -0.39 is 24.0 Å². The lowest BCUT2D eigenvalue weighted by Crippen LogP contribution is -2.45. The number of hydrogen-bond donors (Lipinski definition) is 2. The average Bonchev–Trinajstić information content (AvgIpc) is 3.46. The summed E-state index contributed by atoms with van der Waals surface area (Å²) >= 11 is 3.53. The molecule has 3 aliphatic rings. The summed E-state index contributed by atoms with van der Waals surface area (Å²) in [6, 6.07) is 11.3. The Morgan fingerprint density at radius 2 is 1.88 bits per heavy atom. The lowest BCUT2D eigenvalue weighted by Gasteiger charge is -2.33. The molecule has 2 aromatic carbocycles. The molecule has 7 rings (SSSR count). The monoisotopic (exact) mass is 641 g/mol. The van der Waals surface area contributed by atoms with Crippen LogP contribution in [0, 0.1) is 5.41 Å². The van der Waals surface area contributed by atoms with Crippen LogP contribution in [0.25, 0.3) is 21.8 Å². The third-order valence-corrected chi connectivity index (χ3v) is 9.88. The van der Waals surface area contributed by atoms with E-state index in [1.807, 2.05) is 36.4 Å². The Balaban J connectivity index is 1.13. The maximum atomic E-state index is 13.8.